The number of hydrogen-bond donors (Lipinski definition) is 2. The maximum absolute atomic E-state index is 12.1. The lowest BCUT2D eigenvalue weighted by Crippen LogP contribution is -2.13. The minimum atomic E-state index is -0.556. The summed E-state index contributed by atoms with van der Waals surface area (Å²) in [7, 11) is 1.40. The van der Waals surface area contributed by atoms with Crippen LogP contribution in [-0.2, 0) is 0 Å². The van der Waals surface area contributed by atoms with Gasteiger partial charge in [0.25, 0.3) is 11.6 Å². The van der Waals surface area contributed by atoms with Gasteiger partial charge in [-0.1, -0.05) is 0 Å². The van der Waals surface area contributed by atoms with Crippen molar-refractivity contribution in [1.29, 1.82) is 0 Å². The van der Waals surface area contributed by atoms with E-state index in [9.17, 15) is 14.9 Å². The highest BCUT2D eigenvalue weighted by molar-refractivity contribution is 6.05. The van der Waals surface area contributed by atoms with Crippen LogP contribution in [0.3, 0.4) is 0 Å². The summed E-state index contributed by atoms with van der Waals surface area (Å²) in [5.74, 6) is 0.0486. The Bertz CT molecular complexity index is 702. The highest BCUT2D eigenvalue weighted by Gasteiger charge is 2.14. The molecule has 8 heteroatoms. The van der Waals surface area contributed by atoms with Crippen LogP contribution < -0.4 is 15.8 Å². The van der Waals surface area contributed by atoms with Crippen molar-refractivity contribution in [2.75, 3.05) is 18.2 Å². The number of ether oxygens (including phenoxy) is 1. The Morgan fingerprint density at radius 3 is 2.76 bits per heavy atom. The van der Waals surface area contributed by atoms with Crippen molar-refractivity contribution in [3.8, 4) is 5.75 Å². The molecule has 0 aliphatic heterocycles. The van der Waals surface area contributed by atoms with Crippen molar-refractivity contribution in [3.05, 3.63) is 52.2 Å². The van der Waals surface area contributed by atoms with Gasteiger partial charge in [0.2, 0.25) is 0 Å². The van der Waals surface area contributed by atoms with Gasteiger partial charge in [-0.15, -0.1) is 0 Å². The number of nitrogens with zero attached hydrogens (tertiary/aromatic N) is 2. The number of rotatable bonds is 4. The first-order valence-electron chi connectivity index (χ1n) is 5.86. The highest BCUT2D eigenvalue weighted by atomic mass is 16.6. The molecule has 108 valence electrons. The Labute approximate surface area is 119 Å². The van der Waals surface area contributed by atoms with Crippen molar-refractivity contribution >= 4 is 23.1 Å². The first-order valence-corrected chi connectivity index (χ1v) is 5.86. The fourth-order valence-electron chi connectivity index (χ4n) is 1.69. The number of carbonyl (C=O) groups excluding carboxylic acids is 1. The largest absolute Gasteiger partial charge is 0.495 e. The van der Waals surface area contributed by atoms with Crippen LogP contribution in [0.1, 0.15) is 10.4 Å². The van der Waals surface area contributed by atoms with Gasteiger partial charge in [-0.25, -0.2) is 4.98 Å². The normalized spacial score (nSPS) is 9.95. The molecule has 0 radical (unpaired) electrons. The Morgan fingerprint density at radius 2 is 2.14 bits per heavy atom. The van der Waals surface area contributed by atoms with Crippen molar-refractivity contribution in [2.24, 2.45) is 0 Å². The van der Waals surface area contributed by atoms with Crippen LogP contribution in [0.15, 0.2) is 36.5 Å². The van der Waals surface area contributed by atoms with E-state index in [1.165, 1.54) is 43.6 Å². The van der Waals surface area contributed by atoms with E-state index in [1.807, 2.05) is 0 Å². The Balaban J connectivity index is 2.31. The number of non-ortho nitro benzene ring substituents is 1. The number of hydrogen-bond acceptors (Lipinski definition) is 6. The molecule has 1 aromatic heterocycles. The number of nitrogen functional groups attached to an aromatic ring is 1. The summed E-state index contributed by atoms with van der Waals surface area (Å²) in [6.45, 7) is 0. The van der Waals surface area contributed by atoms with Crippen LogP contribution in [0.2, 0.25) is 0 Å². The van der Waals surface area contributed by atoms with Gasteiger partial charge < -0.3 is 15.8 Å². The maximum Gasteiger partial charge on any atom is 0.271 e. The van der Waals surface area contributed by atoms with E-state index in [4.69, 9.17) is 10.5 Å². The summed E-state index contributed by atoms with van der Waals surface area (Å²) in [5, 5.41) is 13.3. The zero-order valence-corrected chi connectivity index (χ0v) is 11.1. The number of anilines is 2. The van der Waals surface area contributed by atoms with E-state index < -0.39 is 10.8 Å². The molecule has 1 amide bonds. The molecule has 2 rings (SSSR count). The van der Waals surface area contributed by atoms with Gasteiger partial charge in [0, 0.05) is 23.9 Å². The molecule has 0 aliphatic carbocycles. The molecule has 0 saturated carbocycles. The van der Waals surface area contributed by atoms with Gasteiger partial charge in [-0.3, -0.25) is 14.9 Å². The molecule has 1 aromatic carbocycles. The average molecular weight is 288 g/mol. The number of aromatic nitrogens is 1. The SMILES string of the molecule is COc1ccc([N+](=O)[O-])cc1NC(=O)c1ccnc(N)c1. The molecule has 1 heterocycles. The molecule has 2 aromatic rings. The summed E-state index contributed by atoms with van der Waals surface area (Å²) in [5.41, 5.74) is 5.84. The number of nitro benzene ring substituents is 1. The molecular formula is C13H12N4O4. The monoisotopic (exact) mass is 288 g/mol. The van der Waals surface area contributed by atoms with E-state index in [0.717, 1.165) is 0 Å². The van der Waals surface area contributed by atoms with E-state index in [2.05, 4.69) is 10.3 Å². The first-order chi connectivity index (χ1) is 10.0. The van der Waals surface area contributed by atoms with Crippen molar-refractivity contribution in [2.45, 2.75) is 0 Å². The second-order valence-corrected chi connectivity index (χ2v) is 4.07. The zero-order valence-electron chi connectivity index (χ0n) is 11.1. The molecule has 0 bridgehead atoms. The van der Waals surface area contributed by atoms with Crippen LogP contribution in [-0.4, -0.2) is 22.9 Å². The quantitative estimate of drug-likeness (QED) is 0.654. The summed E-state index contributed by atoms with van der Waals surface area (Å²) in [4.78, 5) is 26.1. The van der Waals surface area contributed by atoms with E-state index >= 15 is 0 Å². The van der Waals surface area contributed by atoms with Gasteiger partial charge in [-0.2, -0.15) is 0 Å². The second kappa shape index (κ2) is 5.87. The number of pyridine rings is 1. The van der Waals surface area contributed by atoms with Gasteiger partial charge in [0.1, 0.15) is 11.6 Å². The Kier molecular flexibility index (Phi) is 3.98. The minimum Gasteiger partial charge on any atom is -0.495 e. The zero-order chi connectivity index (χ0) is 15.4. The van der Waals surface area contributed by atoms with Gasteiger partial charge in [-0.05, 0) is 18.2 Å². The first kappa shape index (κ1) is 14.3. The molecule has 8 nitrogen and oxygen atoms in total. The Hall–Kier alpha value is -3.16. The van der Waals surface area contributed by atoms with Crippen LogP contribution in [0.5, 0.6) is 5.75 Å². The van der Waals surface area contributed by atoms with E-state index in [-0.39, 0.29) is 22.8 Å². The molecular weight excluding hydrogens is 276 g/mol. The fourth-order valence-corrected chi connectivity index (χ4v) is 1.69. The highest BCUT2D eigenvalue weighted by Crippen LogP contribution is 2.29. The number of methoxy groups -OCH3 is 1. The van der Waals surface area contributed by atoms with E-state index in [1.54, 1.807) is 0 Å². The third-order valence-electron chi connectivity index (χ3n) is 2.69. The molecule has 0 unspecified atom stereocenters. The molecule has 0 saturated heterocycles. The number of nitro groups is 1. The summed E-state index contributed by atoms with van der Waals surface area (Å²) < 4.78 is 5.07. The van der Waals surface area contributed by atoms with Gasteiger partial charge in [0.05, 0.1) is 17.7 Å². The number of benzene rings is 1. The lowest BCUT2D eigenvalue weighted by molar-refractivity contribution is -0.384. The molecule has 0 spiro atoms. The van der Waals surface area contributed by atoms with Gasteiger partial charge >= 0.3 is 0 Å². The van der Waals surface area contributed by atoms with Crippen LogP contribution in [0.25, 0.3) is 0 Å². The van der Waals surface area contributed by atoms with Crippen LogP contribution in [0, 0.1) is 10.1 Å². The van der Waals surface area contributed by atoms with Gasteiger partial charge in [0.15, 0.2) is 0 Å². The van der Waals surface area contributed by atoms with Crippen LogP contribution >= 0.6 is 0 Å². The van der Waals surface area contributed by atoms with Crippen molar-refractivity contribution < 1.29 is 14.5 Å². The van der Waals surface area contributed by atoms with E-state index in [0.29, 0.717) is 5.75 Å². The van der Waals surface area contributed by atoms with Crippen molar-refractivity contribution in [3.63, 3.8) is 0 Å². The maximum atomic E-state index is 12.1. The summed E-state index contributed by atoms with van der Waals surface area (Å²) in [6, 6.07) is 6.81. The number of nitrogens with two attached hydrogens (primary N) is 1. The topological polar surface area (TPSA) is 120 Å². The molecule has 0 atom stereocenters. The lowest BCUT2D eigenvalue weighted by Gasteiger charge is -2.10. The molecule has 0 aliphatic rings. The molecule has 3 N–H and O–H groups in total. The standard InChI is InChI=1S/C13H12N4O4/c1-21-11-3-2-9(17(19)20)7-10(11)16-13(18)8-4-5-15-12(14)6-8/h2-7H,1H3,(H2,14,15)(H,16,18). The fraction of sp³-hybridized carbons (Fsp3) is 0.0769. The predicted octanol–water partition coefficient (Wildman–Crippen LogP) is 1.83. The summed E-state index contributed by atoms with van der Waals surface area (Å²) in [6.07, 6.45) is 1.40. The van der Waals surface area contributed by atoms with Crippen molar-refractivity contribution in [1.82, 2.24) is 4.98 Å². The molecule has 21 heavy (non-hydrogen) atoms. The molecule has 0 fully saturated rings. The third kappa shape index (κ3) is 3.24. The minimum absolute atomic E-state index is 0.152. The Morgan fingerprint density at radius 1 is 1.38 bits per heavy atom. The second-order valence-electron chi connectivity index (χ2n) is 4.07. The predicted molar refractivity (Wildman–Crippen MR) is 76.3 cm³/mol. The average Bonchev–Trinajstić information content (AvgIpc) is 2.47. The third-order valence-corrected chi connectivity index (χ3v) is 2.69. The number of carbonyl (C=O) groups is 1. The van der Waals surface area contributed by atoms with Crippen LogP contribution in [0.4, 0.5) is 17.2 Å². The smallest absolute Gasteiger partial charge is 0.271 e. The number of amides is 1. The summed E-state index contributed by atoms with van der Waals surface area (Å²) >= 11 is 0. The number of nitrogens with one attached hydrogen (secondary N) is 1. The lowest BCUT2D eigenvalue weighted by atomic mass is 10.2.